The maximum atomic E-state index is 13.4. The van der Waals surface area contributed by atoms with Crippen molar-refractivity contribution >= 4 is 11.6 Å². The SMILES string of the molecule is COc1ccc(NC(=O)C(c2ccccc2)c2ccccc2)cc1-c1ccc(CO)o1. The summed E-state index contributed by atoms with van der Waals surface area (Å²) >= 11 is 0. The van der Waals surface area contributed by atoms with Crippen LogP contribution in [0, 0.1) is 0 Å². The summed E-state index contributed by atoms with van der Waals surface area (Å²) in [6.45, 7) is -0.186. The molecule has 0 radical (unpaired) electrons. The summed E-state index contributed by atoms with van der Waals surface area (Å²) in [7, 11) is 1.58. The van der Waals surface area contributed by atoms with Gasteiger partial charge < -0.3 is 19.6 Å². The van der Waals surface area contributed by atoms with Crippen molar-refractivity contribution < 1.29 is 19.1 Å². The van der Waals surface area contributed by atoms with Gasteiger partial charge in [-0.15, -0.1) is 0 Å². The van der Waals surface area contributed by atoms with E-state index < -0.39 is 5.92 Å². The molecule has 0 bridgehead atoms. The molecule has 4 aromatic rings. The summed E-state index contributed by atoms with van der Waals surface area (Å²) in [4.78, 5) is 13.4. The van der Waals surface area contributed by atoms with Crippen LogP contribution in [0.5, 0.6) is 5.75 Å². The number of carbonyl (C=O) groups excluding carboxylic acids is 1. The van der Waals surface area contributed by atoms with Crippen LogP contribution in [0.15, 0.2) is 95.4 Å². The molecule has 0 atom stereocenters. The number of hydrogen-bond acceptors (Lipinski definition) is 4. The molecule has 2 N–H and O–H groups in total. The molecule has 1 aromatic heterocycles. The van der Waals surface area contributed by atoms with Gasteiger partial charge in [-0.1, -0.05) is 60.7 Å². The van der Waals surface area contributed by atoms with Crippen molar-refractivity contribution in [2.75, 3.05) is 12.4 Å². The summed E-state index contributed by atoms with van der Waals surface area (Å²) in [6.07, 6.45) is 0. The lowest BCUT2D eigenvalue weighted by Crippen LogP contribution is -2.22. The monoisotopic (exact) mass is 413 g/mol. The molecule has 1 amide bonds. The van der Waals surface area contributed by atoms with Crippen LogP contribution in [0.1, 0.15) is 22.8 Å². The van der Waals surface area contributed by atoms with Gasteiger partial charge in [0.2, 0.25) is 5.91 Å². The topological polar surface area (TPSA) is 71.7 Å². The van der Waals surface area contributed by atoms with E-state index in [0.717, 1.165) is 11.1 Å². The Morgan fingerprint density at radius 2 is 1.58 bits per heavy atom. The number of methoxy groups -OCH3 is 1. The fraction of sp³-hybridized carbons (Fsp3) is 0.115. The van der Waals surface area contributed by atoms with Gasteiger partial charge in [-0.3, -0.25) is 4.79 Å². The quantitative estimate of drug-likeness (QED) is 0.436. The summed E-state index contributed by atoms with van der Waals surface area (Å²) < 4.78 is 11.1. The van der Waals surface area contributed by atoms with Gasteiger partial charge in [-0.2, -0.15) is 0 Å². The van der Waals surface area contributed by atoms with Crippen LogP contribution in [0.2, 0.25) is 0 Å². The van der Waals surface area contributed by atoms with Crippen molar-refractivity contribution in [3.05, 3.63) is 108 Å². The first kappa shape index (κ1) is 20.4. The highest BCUT2D eigenvalue weighted by atomic mass is 16.5. The van der Waals surface area contributed by atoms with Crippen LogP contribution >= 0.6 is 0 Å². The predicted octanol–water partition coefficient (Wildman–Crippen LogP) is 5.22. The van der Waals surface area contributed by atoms with E-state index in [1.165, 1.54) is 0 Å². The minimum atomic E-state index is -0.447. The van der Waals surface area contributed by atoms with Crippen LogP contribution in [-0.4, -0.2) is 18.1 Å². The molecule has 0 fully saturated rings. The second kappa shape index (κ2) is 9.32. The van der Waals surface area contributed by atoms with E-state index >= 15 is 0 Å². The summed E-state index contributed by atoms with van der Waals surface area (Å²) in [5, 5.41) is 12.3. The standard InChI is InChI=1S/C26H23NO4/c1-30-23-14-12-20(16-22(23)24-15-13-21(17-28)31-24)27-26(29)25(18-8-4-2-5-9-18)19-10-6-3-7-11-19/h2-16,25,28H,17H2,1H3,(H,27,29). The molecule has 156 valence electrons. The number of nitrogens with one attached hydrogen (secondary N) is 1. The van der Waals surface area contributed by atoms with E-state index in [2.05, 4.69) is 5.32 Å². The van der Waals surface area contributed by atoms with Gasteiger partial charge >= 0.3 is 0 Å². The third kappa shape index (κ3) is 4.52. The largest absolute Gasteiger partial charge is 0.496 e. The normalized spacial score (nSPS) is 10.8. The van der Waals surface area contributed by atoms with Gasteiger partial charge in [-0.05, 0) is 41.5 Å². The summed E-state index contributed by atoms with van der Waals surface area (Å²) in [6, 6.07) is 28.3. The predicted molar refractivity (Wildman–Crippen MR) is 120 cm³/mol. The molecule has 0 aliphatic rings. The zero-order valence-corrected chi connectivity index (χ0v) is 17.1. The summed E-state index contributed by atoms with van der Waals surface area (Å²) in [5.41, 5.74) is 3.15. The van der Waals surface area contributed by atoms with Crippen LogP contribution in [-0.2, 0) is 11.4 Å². The number of carbonyl (C=O) groups is 1. The molecule has 1 heterocycles. The molecule has 0 aliphatic heterocycles. The van der Waals surface area contributed by atoms with Crippen LogP contribution in [0.4, 0.5) is 5.69 Å². The summed E-state index contributed by atoms with van der Waals surface area (Å²) in [5.74, 6) is 1.04. The Morgan fingerprint density at radius 3 is 2.13 bits per heavy atom. The van der Waals surface area contributed by atoms with Crippen molar-refractivity contribution in [1.29, 1.82) is 0 Å². The first-order valence-electron chi connectivity index (χ1n) is 9.98. The third-order valence-corrected chi connectivity index (χ3v) is 5.08. The zero-order valence-electron chi connectivity index (χ0n) is 17.1. The number of ether oxygens (including phenoxy) is 1. The average molecular weight is 413 g/mol. The average Bonchev–Trinajstić information content (AvgIpc) is 3.30. The molecule has 0 saturated heterocycles. The minimum Gasteiger partial charge on any atom is -0.496 e. The second-order valence-electron chi connectivity index (χ2n) is 7.08. The number of hydrogen-bond donors (Lipinski definition) is 2. The van der Waals surface area contributed by atoms with Crippen molar-refractivity contribution in [3.8, 4) is 17.1 Å². The lowest BCUT2D eigenvalue weighted by Gasteiger charge is -2.18. The molecule has 5 heteroatoms. The van der Waals surface area contributed by atoms with Crippen LogP contribution in [0.3, 0.4) is 0 Å². The number of furan rings is 1. The molecular formula is C26H23NO4. The highest BCUT2D eigenvalue weighted by Crippen LogP contribution is 2.34. The Bertz CT molecular complexity index is 1110. The fourth-order valence-corrected chi connectivity index (χ4v) is 3.59. The fourth-order valence-electron chi connectivity index (χ4n) is 3.59. The van der Waals surface area contributed by atoms with Crippen LogP contribution in [0.25, 0.3) is 11.3 Å². The Morgan fingerprint density at radius 1 is 0.935 bits per heavy atom. The first-order chi connectivity index (χ1) is 15.2. The Hall–Kier alpha value is -3.83. The highest BCUT2D eigenvalue weighted by Gasteiger charge is 2.23. The maximum Gasteiger partial charge on any atom is 0.236 e. The first-order valence-corrected chi connectivity index (χ1v) is 9.98. The van der Waals surface area contributed by atoms with Crippen molar-refractivity contribution in [2.24, 2.45) is 0 Å². The number of anilines is 1. The Labute approximate surface area is 180 Å². The van der Waals surface area contributed by atoms with E-state index in [1.54, 1.807) is 31.4 Å². The van der Waals surface area contributed by atoms with Crippen molar-refractivity contribution in [3.63, 3.8) is 0 Å². The van der Waals surface area contributed by atoms with Gasteiger partial charge in [0.15, 0.2) is 0 Å². The van der Waals surface area contributed by atoms with E-state index in [9.17, 15) is 9.90 Å². The van der Waals surface area contributed by atoms with Gasteiger partial charge in [0.05, 0.1) is 18.6 Å². The van der Waals surface area contributed by atoms with Crippen molar-refractivity contribution in [1.82, 2.24) is 0 Å². The van der Waals surface area contributed by atoms with E-state index in [1.807, 2.05) is 66.7 Å². The highest BCUT2D eigenvalue weighted by molar-refractivity contribution is 5.98. The van der Waals surface area contributed by atoms with Gasteiger partial charge in [0.1, 0.15) is 23.9 Å². The number of rotatable bonds is 7. The van der Waals surface area contributed by atoms with Crippen LogP contribution < -0.4 is 10.1 Å². The lowest BCUT2D eigenvalue weighted by molar-refractivity contribution is -0.116. The smallest absolute Gasteiger partial charge is 0.236 e. The van der Waals surface area contributed by atoms with Gasteiger partial charge in [0.25, 0.3) is 0 Å². The maximum absolute atomic E-state index is 13.4. The second-order valence-corrected chi connectivity index (χ2v) is 7.08. The minimum absolute atomic E-state index is 0.135. The van der Waals surface area contributed by atoms with Gasteiger partial charge in [-0.25, -0.2) is 0 Å². The number of aliphatic hydroxyl groups excluding tert-OH is 1. The Balaban J connectivity index is 1.67. The third-order valence-electron chi connectivity index (χ3n) is 5.08. The number of aliphatic hydroxyl groups is 1. The molecule has 3 aromatic carbocycles. The molecule has 4 rings (SSSR count). The molecule has 0 unspecified atom stereocenters. The number of amides is 1. The van der Waals surface area contributed by atoms with E-state index in [4.69, 9.17) is 9.15 Å². The molecule has 31 heavy (non-hydrogen) atoms. The molecule has 0 saturated carbocycles. The van der Waals surface area contributed by atoms with E-state index in [0.29, 0.717) is 28.5 Å². The molecule has 5 nitrogen and oxygen atoms in total. The molecular weight excluding hydrogens is 390 g/mol. The van der Waals surface area contributed by atoms with Gasteiger partial charge in [0, 0.05) is 5.69 Å². The number of benzene rings is 3. The lowest BCUT2D eigenvalue weighted by atomic mass is 9.90. The zero-order chi connectivity index (χ0) is 21.6. The molecule has 0 spiro atoms. The molecule has 0 aliphatic carbocycles. The Kier molecular flexibility index (Phi) is 6.15. The van der Waals surface area contributed by atoms with E-state index in [-0.39, 0.29) is 12.5 Å². The van der Waals surface area contributed by atoms with Crippen molar-refractivity contribution in [2.45, 2.75) is 12.5 Å².